The first-order valence-electron chi connectivity index (χ1n) is 8.76. The Morgan fingerprint density at radius 3 is 2.06 bits per heavy atom. The number of anilines is 2. The highest BCUT2D eigenvalue weighted by Gasteiger charge is 2.18. The lowest BCUT2D eigenvalue weighted by molar-refractivity contribution is -0.384. The number of nitrogens with zero attached hydrogens (tertiary/aromatic N) is 1. The summed E-state index contributed by atoms with van der Waals surface area (Å²) in [5, 5.41) is 19.8. The largest absolute Gasteiger partial charge is 0.478 e. The van der Waals surface area contributed by atoms with E-state index < -0.39 is 37.4 Å². The van der Waals surface area contributed by atoms with Gasteiger partial charge in [0.2, 0.25) is 0 Å². The van der Waals surface area contributed by atoms with Crippen LogP contribution in [0.15, 0.2) is 65.6 Å². The summed E-state index contributed by atoms with van der Waals surface area (Å²) in [4.78, 5) is 32.3. The number of aromatic carboxylic acids is 1. The smallest absolute Gasteiger partial charge is 0.336 e. The van der Waals surface area contributed by atoms with Crippen molar-refractivity contribution in [2.24, 2.45) is 0 Å². The average Bonchev–Trinajstić information content (AvgIpc) is 2.75. The molecule has 11 nitrogen and oxygen atoms in total. The third kappa shape index (κ3) is 6.26. The molecule has 13 heteroatoms. The highest BCUT2D eigenvalue weighted by molar-refractivity contribution is 7.85. The molecular weight excluding hydrogens is 478 g/mol. The Morgan fingerprint density at radius 1 is 0.939 bits per heavy atom. The van der Waals surface area contributed by atoms with Gasteiger partial charge in [-0.25, -0.2) is 4.79 Å². The fourth-order valence-corrected chi connectivity index (χ4v) is 3.17. The predicted molar refractivity (Wildman–Crippen MR) is 120 cm³/mol. The van der Waals surface area contributed by atoms with Gasteiger partial charge in [0.25, 0.3) is 15.8 Å². The van der Waals surface area contributed by atoms with Crippen molar-refractivity contribution in [1.29, 1.82) is 0 Å². The number of carbonyl (C=O) groups is 2. The first-order valence-corrected chi connectivity index (χ1v) is 10.6. The minimum atomic E-state index is -4.44. The summed E-state index contributed by atoms with van der Waals surface area (Å²) in [5.74, 6) is -1.55. The molecule has 0 aliphatic heterocycles. The van der Waals surface area contributed by atoms with Gasteiger partial charge in [-0.15, -0.1) is 0 Å². The molecule has 3 rings (SSSR count). The van der Waals surface area contributed by atoms with Crippen molar-refractivity contribution in [3.63, 3.8) is 0 Å². The molecule has 0 fully saturated rings. The van der Waals surface area contributed by atoms with Gasteiger partial charge in [0, 0.05) is 17.2 Å². The number of carbonyl (C=O) groups excluding carboxylic acids is 1. The van der Waals surface area contributed by atoms with Gasteiger partial charge in [-0.1, -0.05) is 29.8 Å². The number of hydrogen-bond acceptors (Lipinski definition) is 8. The van der Waals surface area contributed by atoms with Crippen LogP contribution in [0.5, 0.6) is 0 Å². The standard InChI is InChI=1S/C14H10ClNO3.C6H6N2O5S/c15-11-6-5-8(7-12(11)16)13(17)9-3-1-2-4-10(9)14(18)19;7-5-2-1-4(14(11,12)13)3-6(5)8(9)10/h1-7H,16H2,(H,18,19);1-3H,7H2,(H,11,12,13). The maximum Gasteiger partial charge on any atom is 0.336 e. The minimum absolute atomic E-state index is 0.0407. The molecule has 33 heavy (non-hydrogen) atoms. The maximum absolute atomic E-state index is 12.3. The summed E-state index contributed by atoms with van der Waals surface area (Å²) < 4.78 is 29.8. The lowest BCUT2D eigenvalue weighted by atomic mass is 9.98. The quantitative estimate of drug-likeness (QED) is 0.134. The topological polar surface area (TPSA) is 204 Å². The monoisotopic (exact) mass is 493 g/mol. The molecular formula is C20H16ClN3O8S. The Balaban J connectivity index is 0.000000245. The third-order valence-electron chi connectivity index (χ3n) is 4.16. The number of nitrogen functional groups attached to an aromatic ring is 2. The van der Waals surface area contributed by atoms with Crippen LogP contribution < -0.4 is 11.5 Å². The zero-order valence-corrected chi connectivity index (χ0v) is 18.1. The fourth-order valence-electron chi connectivity index (χ4n) is 2.55. The van der Waals surface area contributed by atoms with Crippen molar-refractivity contribution < 1.29 is 32.6 Å². The number of halogens is 1. The van der Waals surface area contributed by atoms with Crippen LogP contribution in [0.4, 0.5) is 17.1 Å². The van der Waals surface area contributed by atoms with Gasteiger partial charge in [0.15, 0.2) is 5.78 Å². The Labute approximate surface area is 192 Å². The van der Waals surface area contributed by atoms with Crippen molar-refractivity contribution in [2.75, 3.05) is 11.5 Å². The number of rotatable bonds is 5. The van der Waals surface area contributed by atoms with E-state index in [0.29, 0.717) is 16.7 Å². The summed E-state index contributed by atoms with van der Waals surface area (Å²) in [6.45, 7) is 0. The number of nitrogens with two attached hydrogens (primary N) is 2. The lowest BCUT2D eigenvalue weighted by Gasteiger charge is -2.06. The molecule has 0 spiro atoms. The van der Waals surface area contributed by atoms with Gasteiger partial charge in [0.1, 0.15) is 10.6 Å². The molecule has 0 saturated carbocycles. The van der Waals surface area contributed by atoms with E-state index in [-0.39, 0.29) is 22.5 Å². The third-order valence-corrected chi connectivity index (χ3v) is 5.35. The molecule has 0 unspecified atom stereocenters. The molecule has 0 aromatic heterocycles. The number of nitro groups is 1. The molecule has 0 radical (unpaired) electrons. The normalized spacial score (nSPS) is 10.6. The first kappa shape index (κ1) is 25.3. The van der Waals surface area contributed by atoms with Gasteiger partial charge in [-0.05, 0) is 36.4 Å². The number of hydrogen-bond donors (Lipinski definition) is 4. The van der Waals surface area contributed by atoms with Crippen LogP contribution in [-0.4, -0.2) is 34.8 Å². The number of benzene rings is 3. The lowest BCUT2D eigenvalue weighted by Crippen LogP contribution is -2.09. The van der Waals surface area contributed by atoms with E-state index in [1.54, 1.807) is 12.1 Å². The molecule has 0 aliphatic carbocycles. The Bertz CT molecular complexity index is 1360. The molecule has 172 valence electrons. The predicted octanol–water partition coefficient (Wildman–Crippen LogP) is 3.28. The van der Waals surface area contributed by atoms with Crippen LogP contribution in [0, 0.1) is 10.1 Å². The van der Waals surface area contributed by atoms with E-state index in [4.69, 9.17) is 32.7 Å². The van der Waals surface area contributed by atoms with Gasteiger partial charge in [0.05, 0.1) is 21.2 Å². The van der Waals surface area contributed by atoms with Crippen molar-refractivity contribution in [2.45, 2.75) is 4.90 Å². The molecule has 0 heterocycles. The van der Waals surface area contributed by atoms with Gasteiger partial charge >= 0.3 is 5.97 Å². The van der Waals surface area contributed by atoms with Gasteiger partial charge < -0.3 is 16.6 Å². The van der Waals surface area contributed by atoms with Crippen LogP contribution in [0.2, 0.25) is 5.02 Å². The van der Waals surface area contributed by atoms with Crippen LogP contribution in [0.1, 0.15) is 26.3 Å². The van der Waals surface area contributed by atoms with E-state index in [0.717, 1.165) is 12.1 Å². The van der Waals surface area contributed by atoms with Crippen LogP contribution in [0.3, 0.4) is 0 Å². The molecule has 0 saturated heterocycles. The molecule has 0 aliphatic rings. The summed E-state index contributed by atoms with van der Waals surface area (Å²) >= 11 is 5.78. The van der Waals surface area contributed by atoms with E-state index in [2.05, 4.69) is 0 Å². The summed E-state index contributed by atoms with van der Waals surface area (Å²) in [5.41, 5.74) is 10.8. The summed E-state index contributed by atoms with van der Waals surface area (Å²) in [6, 6.07) is 13.2. The van der Waals surface area contributed by atoms with E-state index in [1.165, 1.54) is 30.3 Å². The second-order valence-electron chi connectivity index (χ2n) is 6.37. The van der Waals surface area contributed by atoms with Crippen molar-refractivity contribution in [3.8, 4) is 0 Å². The minimum Gasteiger partial charge on any atom is -0.478 e. The van der Waals surface area contributed by atoms with Crippen molar-refractivity contribution in [3.05, 3.63) is 92.5 Å². The van der Waals surface area contributed by atoms with Crippen LogP contribution in [0.25, 0.3) is 0 Å². The SMILES string of the molecule is Nc1cc(C(=O)c2ccccc2C(=O)O)ccc1Cl.Nc1ccc(S(=O)(=O)O)cc1[N+](=O)[O-]. The Morgan fingerprint density at radius 2 is 1.55 bits per heavy atom. The molecule has 3 aromatic carbocycles. The Kier molecular flexibility index (Phi) is 7.72. The van der Waals surface area contributed by atoms with Crippen molar-refractivity contribution >= 4 is 50.5 Å². The number of carboxylic acids is 1. The van der Waals surface area contributed by atoms with Gasteiger partial charge in [-0.3, -0.25) is 19.5 Å². The maximum atomic E-state index is 12.3. The second kappa shape index (κ2) is 10.1. The number of carboxylic acid groups (broad SMARTS) is 1. The second-order valence-corrected chi connectivity index (χ2v) is 8.20. The van der Waals surface area contributed by atoms with Gasteiger partial charge in [-0.2, -0.15) is 8.42 Å². The zero-order chi connectivity index (χ0) is 24.9. The first-order chi connectivity index (χ1) is 15.3. The molecule has 0 bridgehead atoms. The van der Waals surface area contributed by atoms with E-state index in [9.17, 15) is 28.1 Å². The van der Waals surface area contributed by atoms with Crippen molar-refractivity contribution in [1.82, 2.24) is 0 Å². The zero-order valence-electron chi connectivity index (χ0n) is 16.5. The summed E-state index contributed by atoms with van der Waals surface area (Å²) in [6.07, 6.45) is 0. The van der Waals surface area contributed by atoms with E-state index >= 15 is 0 Å². The van der Waals surface area contributed by atoms with Crippen LogP contribution >= 0.6 is 11.6 Å². The fraction of sp³-hybridized carbons (Fsp3) is 0. The number of ketones is 1. The number of nitro benzene ring substituents is 1. The highest BCUT2D eigenvalue weighted by atomic mass is 35.5. The molecule has 0 atom stereocenters. The van der Waals surface area contributed by atoms with Crippen LogP contribution in [-0.2, 0) is 10.1 Å². The highest BCUT2D eigenvalue weighted by Crippen LogP contribution is 2.24. The average molecular weight is 494 g/mol. The molecule has 6 N–H and O–H groups in total. The summed E-state index contributed by atoms with van der Waals surface area (Å²) in [7, 11) is -4.44. The Hall–Kier alpha value is -4.00. The molecule has 3 aromatic rings. The van der Waals surface area contributed by atoms with E-state index in [1.807, 2.05) is 0 Å². The molecule has 0 amide bonds.